The van der Waals surface area contributed by atoms with Gasteiger partial charge >= 0.3 is 12.4 Å². The Labute approximate surface area is 116 Å². The van der Waals surface area contributed by atoms with Gasteiger partial charge in [-0.1, -0.05) is 0 Å². The predicted octanol–water partition coefficient (Wildman–Crippen LogP) is 4.40. The first kappa shape index (κ1) is 17.3. The zero-order chi connectivity index (χ0) is 16.4. The van der Waals surface area contributed by atoms with Crippen molar-refractivity contribution in [3.05, 3.63) is 29.8 Å². The lowest BCUT2D eigenvalue weighted by Gasteiger charge is -2.21. The molecule has 0 aromatic heterocycles. The third-order valence-corrected chi connectivity index (χ3v) is 2.43. The Bertz CT molecular complexity index is 473. The lowest BCUT2D eigenvalue weighted by Crippen LogP contribution is -2.42. The molecule has 0 saturated heterocycles. The number of alkyl halides is 6. The van der Waals surface area contributed by atoms with E-state index in [4.69, 9.17) is 4.74 Å². The summed E-state index contributed by atoms with van der Waals surface area (Å²) >= 11 is 0. The number of benzene rings is 1. The highest BCUT2D eigenvalue weighted by Crippen LogP contribution is 2.41. The van der Waals surface area contributed by atoms with Crippen molar-refractivity contribution in [2.45, 2.75) is 32.3 Å². The van der Waals surface area contributed by atoms with Gasteiger partial charge in [-0.2, -0.15) is 26.3 Å². The van der Waals surface area contributed by atoms with Crippen molar-refractivity contribution in [3.8, 4) is 5.75 Å². The van der Waals surface area contributed by atoms with Crippen LogP contribution in [0, 0.1) is 5.92 Å². The molecular formula is C13H12F6O2. The molecule has 118 valence electrons. The van der Waals surface area contributed by atoms with E-state index in [2.05, 4.69) is 0 Å². The van der Waals surface area contributed by atoms with E-state index in [1.165, 1.54) is 0 Å². The average molecular weight is 314 g/mol. The van der Waals surface area contributed by atoms with E-state index in [0.717, 1.165) is 24.3 Å². The highest BCUT2D eigenvalue weighted by Gasteiger charge is 2.60. The molecule has 1 aromatic rings. The Morgan fingerprint density at radius 2 is 1.38 bits per heavy atom. The van der Waals surface area contributed by atoms with Crippen LogP contribution in [0.4, 0.5) is 26.3 Å². The van der Waals surface area contributed by atoms with Crippen molar-refractivity contribution in [1.82, 2.24) is 0 Å². The quantitative estimate of drug-likeness (QED) is 0.608. The van der Waals surface area contributed by atoms with E-state index in [0.29, 0.717) is 0 Å². The molecular weight excluding hydrogens is 302 g/mol. The zero-order valence-electron chi connectivity index (χ0n) is 11.0. The van der Waals surface area contributed by atoms with Crippen molar-refractivity contribution in [2.75, 3.05) is 0 Å². The predicted molar refractivity (Wildman–Crippen MR) is 62.1 cm³/mol. The number of carbonyl (C=O) groups excluding carboxylic acids is 1. The van der Waals surface area contributed by atoms with E-state index in [9.17, 15) is 31.1 Å². The summed E-state index contributed by atoms with van der Waals surface area (Å²) < 4.78 is 79.8. The molecule has 0 fully saturated rings. The fourth-order valence-corrected chi connectivity index (χ4v) is 1.62. The molecule has 21 heavy (non-hydrogen) atoms. The molecule has 0 spiro atoms. The van der Waals surface area contributed by atoms with Crippen molar-refractivity contribution in [2.24, 2.45) is 5.92 Å². The van der Waals surface area contributed by atoms with Gasteiger partial charge in [-0.15, -0.1) is 0 Å². The normalized spacial score (nSPS) is 12.9. The van der Waals surface area contributed by atoms with Crippen LogP contribution >= 0.6 is 0 Å². The van der Waals surface area contributed by atoms with Crippen molar-refractivity contribution < 1.29 is 35.9 Å². The van der Waals surface area contributed by atoms with E-state index in [-0.39, 0.29) is 11.9 Å². The summed E-state index contributed by atoms with van der Waals surface area (Å²) in [6.45, 7) is 3.39. The second kappa shape index (κ2) is 5.95. The SMILES string of the molecule is CC(C)Oc1ccc(C(=O)C(C(F)(F)F)C(F)(F)F)cc1. The van der Waals surface area contributed by atoms with Crippen LogP contribution in [-0.2, 0) is 0 Å². The number of rotatable bonds is 4. The van der Waals surface area contributed by atoms with Gasteiger partial charge in [0.2, 0.25) is 5.92 Å². The number of carbonyl (C=O) groups is 1. The van der Waals surface area contributed by atoms with Gasteiger partial charge in [0.25, 0.3) is 0 Å². The van der Waals surface area contributed by atoms with Gasteiger partial charge in [0.15, 0.2) is 5.78 Å². The summed E-state index contributed by atoms with van der Waals surface area (Å²) in [4.78, 5) is 11.5. The number of ketones is 1. The smallest absolute Gasteiger partial charge is 0.407 e. The molecule has 0 aliphatic rings. The summed E-state index contributed by atoms with van der Waals surface area (Å²) in [6.07, 6.45) is -11.6. The van der Waals surface area contributed by atoms with Crippen LogP contribution in [-0.4, -0.2) is 24.2 Å². The lowest BCUT2D eigenvalue weighted by molar-refractivity contribution is -0.264. The Morgan fingerprint density at radius 1 is 0.952 bits per heavy atom. The molecule has 0 heterocycles. The van der Waals surface area contributed by atoms with Crippen LogP contribution in [0.15, 0.2) is 24.3 Å². The lowest BCUT2D eigenvalue weighted by atomic mass is 9.96. The van der Waals surface area contributed by atoms with E-state index >= 15 is 0 Å². The maximum atomic E-state index is 12.4. The maximum Gasteiger partial charge on any atom is 0.407 e. The number of hydrogen-bond acceptors (Lipinski definition) is 2. The molecule has 1 rings (SSSR count). The molecule has 0 bridgehead atoms. The van der Waals surface area contributed by atoms with E-state index in [1.807, 2.05) is 0 Å². The van der Waals surface area contributed by atoms with Crippen LogP contribution in [0.25, 0.3) is 0 Å². The molecule has 0 saturated carbocycles. The Morgan fingerprint density at radius 3 is 1.71 bits per heavy atom. The topological polar surface area (TPSA) is 26.3 Å². The third kappa shape index (κ3) is 4.64. The molecule has 0 aliphatic heterocycles. The Balaban J connectivity index is 3.05. The first-order chi connectivity index (χ1) is 9.43. The van der Waals surface area contributed by atoms with Crippen LogP contribution < -0.4 is 4.74 Å². The Kier molecular flexibility index (Phi) is 4.91. The van der Waals surface area contributed by atoms with Crippen LogP contribution in [0.5, 0.6) is 5.75 Å². The largest absolute Gasteiger partial charge is 0.491 e. The molecule has 2 nitrogen and oxygen atoms in total. The van der Waals surface area contributed by atoms with Gasteiger partial charge in [-0.25, -0.2) is 0 Å². The minimum absolute atomic E-state index is 0.218. The molecule has 0 radical (unpaired) electrons. The van der Waals surface area contributed by atoms with Crippen molar-refractivity contribution in [3.63, 3.8) is 0 Å². The summed E-state index contributed by atoms with van der Waals surface area (Å²) in [5.41, 5.74) is -0.675. The minimum atomic E-state index is -5.69. The van der Waals surface area contributed by atoms with Crippen LogP contribution in [0.2, 0.25) is 0 Å². The van der Waals surface area contributed by atoms with E-state index < -0.39 is 29.6 Å². The standard InChI is InChI=1S/C13H12F6O2/c1-7(2)21-9-5-3-8(4-6-9)10(20)11(12(14,15)16)13(17,18)19/h3-7,11H,1-2H3. The second-order valence-electron chi connectivity index (χ2n) is 4.57. The summed E-state index contributed by atoms with van der Waals surface area (Å²) in [6, 6.07) is 4.06. The summed E-state index contributed by atoms with van der Waals surface area (Å²) in [5.74, 6) is -5.81. The van der Waals surface area contributed by atoms with Gasteiger partial charge in [-0.3, -0.25) is 4.79 Å². The van der Waals surface area contributed by atoms with Crippen molar-refractivity contribution >= 4 is 5.78 Å². The monoisotopic (exact) mass is 314 g/mol. The van der Waals surface area contributed by atoms with Gasteiger partial charge in [-0.05, 0) is 38.1 Å². The maximum absolute atomic E-state index is 12.4. The van der Waals surface area contributed by atoms with E-state index in [1.54, 1.807) is 13.8 Å². The molecule has 0 unspecified atom stereocenters. The first-order valence-corrected chi connectivity index (χ1v) is 5.87. The molecule has 1 aromatic carbocycles. The fourth-order valence-electron chi connectivity index (χ4n) is 1.62. The highest BCUT2D eigenvalue weighted by atomic mass is 19.4. The minimum Gasteiger partial charge on any atom is -0.491 e. The third-order valence-electron chi connectivity index (χ3n) is 2.43. The number of halogens is 6. The Hall–Kier alpha value is -1.73. The van der Waals surface area contributed by atoms with Gasteiger partial charge < -0.3 is 4.74 Å². The van der Waals surface area contributed by atoms with Gasteiger partial charge in [0, 0.05) is 5.56 Å². The summed E-state index contributed by atoms with van der Waals surface area (Å²) in [7, 11) is 0. The molecule has 0 amide bonds. The zero-order valence-corrected chi connectivity index (χ0v) is 11.0. The molecule has 0 atom stereocenters. The van der Waals surface area contributed by atoms with Crippen LogP contribution in [0.1, 0.15) is 24.2 Å². The van der Waals surface area contributed by atoms with Gasteiger partial charge in [0.05, 0.1) is 6.10 Å². The molecule has 8 heteroatoms. The number of Topliss-reactive ketones (excluding diaryl/α,β-unsaturated/α-hetero) is 1. The number of hydrogen-bond donors (Lipinski definition) is 0. The highest BCUT2D eigenvalue weighted by molar-refractivity contribution is 5.98. The van der Waals surface area contributed by atoms with Crippen LogP contribution in [0.3, 0.4) is 0 Å². The van der Waals surface area contributed by atoms with Gasteiger partial charge in [0.1, 0.15) is 5.75 Å². The second-order valence-corrected chi connectivity index (χ2v) is 4.57. The first-order valence-electron chi connectivity index (χ1n) is 5.87. The molecule has 0 N–H and O–H groups in total. The fraction of sp³-hybridized carbons (Fsp3) is 0.462. The average Bonchev–Trinajstić information content (AvgIpc) is 2.24. The number of ether oxygens (including phenoxy) is 1. The summed E-state index contributed by atoms with van der Waals surface area (Å²) in [5, 5.41) is 0. The molecule has 0 aliphatic carbocycles. The van der Waals surface area contributed by atoms with Crippen molar-refractivity contribution in [1.29, 1.82) is 0 Å².